The summed E-state index contributed by atoms with van der Waals surface area (Å²) in [6.45, 7) is 0.620. The third-order valence-electron chi connectivity index (χ3n) is 4.78. The molecule has 2 aromatic rings. The van der Waals surface area contributed by atoms with Gasteiger partial charge in [0.25, 0.3) is 5.91 Å². The fourth-order valence-electron chi connectivity index (χ4n) is 3.40. The van der Waals surface area contributed by atoms with Crippen LogP contribution in [-0.2, 0) is 6.42 Å². The largest absolute Gasteiger partial charge is 0.508 e. The molecule has 1 amide bonds. The van der Waals surface area contributed by atoms with Crippen LogP contribution in [-0.4, -0.2) is 33.6 Å². The molecule has 0 aromatic heterocycles. The van der Waals surface area contributed by atoms with Gasteiger partial charge in [-0.05, 0) is 68.0 Å². The molecule has 0 spiro atoms. The van der Waals surface area contributed by atoms with Crippen molar-refractivity contribution in [3.05, 3.63) is 59.4 Å². The van der Waals surface area contributed by atoms with Crippen LogP contribution in [0, 0.1) is 5.82 Å². The van der Waals surface area contributed by atoms with E-state index in [2.05, 4.69) is 0 Å². The normalized spacial score (nSPS) is 17.5. The van der Waals surface area contributed by atoms with Gasteiger partial charge in [-0.25, -0.2) is 4.39 Å². The van der Waals surface area contributed by atoms with Crippen molar-refractivity contribution in [1.29, 1.82) is 0 Å². The number of benzene rings is 2. The Morgan fingerprint density at radius 1 is 1.12 bits per heavy atom. The molecule has 1 aliphatic rings. The van der Waals surface area contributed by atoms with Gasteiger partial charge in [0.15, 0.2) is 0 Å². The predicted molar refractivity (Wildman–Crippen MR) is 93.2 cm³/mol. The quantitative estimate of drug-likeness (QED) is 0.886. The van der Waals surface area contributed by atoms with Crippen LogP contribution in [0.15, 0.2) is 42.5 Å². The minimum atomic E-state index is -0.529. The summed E-state index contributed by atoms with van der Waals surface area (Å²) in [5.74, 6) is -0.791. The number of rotatable bonds is 4. The molecule has 5 heteroatoms. The molecule has 0 radical (unpaired) electrons. The minimum Gasteiger partial charge on any atom is -0.508 e. The lowest BCUT2D eigenvalue weighted by atomic mass is 9.95. The number of hydrogen-bond donors (Lipinski definition) is 2. The maximum atomic E-state index is 13.5. The molecule has 1 aliphatic heterocycles. The number of phenolic OH excluding ortho intramolecular Hbond substituents is 2. The Labute approximate surface area is 146 Å². The number of halogens is 1. The van der Waals surface area contributed by atoms with Crippen LogP contribution in [0.4, 0.5) is 4.39 Å². The molecule has 1 unspecified atom stereocenters. The average Bonchev–Trinajstić information content (AvgIpc) is 2.63. The van der Waals surface area contributed by atoms with Crippen LogP contribution in [0.3, 0.4) is 0 Å². The Morgan fingerprint density at radius 2 is 1.88 bits per heavy atom. The van der Waals surface area contributed by atoms with Gasteiger partial charge in [-0.2, -0.15) is 0 Å². The van der Waals surface area contributed by atoms with Crippen LogP contribution < -0.4 is 0 Å². The Kier molecular flexibility index (Phi) is 5.22. The third kappa shape index (κ3) is 4.10. The maximum Gasteiger partial charge on any atom is 0.257 e. The highest BCUT2D eigenvalue weighted by Crippen LogP contribution is 2.27. The Balaban J connectivity index is 1.72. The summed E-state index contributed by atoms with van der Waals surface area (Å²) >= 11 is 0. The number of amides is 1. The fourth-order valence-corrected chi connectivity index (χ4v) is 3.40. The van der Waals surface area contributed by atoms with Crippen LogP contribution in [0.1, 0.15) is 41.6 Å². The SMILES string of the molecule is O=C(c1cc(F)ccc1O)N1CCCCC1CCc1ccc(O)cc1. The lowest BCUT2D eigenvalue weighted by Gasteiger charge is -2.36. The minimum absolute atomic E-state index is 0.0246. The van der Waals surface area contributed by atoms with E-state index in [1.165, 1.54) is 6.07 Å². The van der Waals surface area contributed by atoms with Gasteiger partial charge >= 0.3 is 0 Å². The van der Waals surface area contributed by atoms with Gasteiger partial charge < -0.3 is 15.1 Å². The lowest BCUT2D eigenvalue weighted by molar-refractivity contribution is 0.0598. The van der Waals surface area contributed by atoms with E-state index >= 15 is 0 Å². The topological polar surface area (TPSA) is 60.8 Å². The molecule has 1 saturated heterocycles. The van der Waals surface area contributed by atoms with E-state index in [0.717, 1.165) is 49.8 Å². The zero-order valence-electron chi connectivity index (χ0n) is 14.0. The van der Waals surface area contributed by atoms with Gasteiger partial charge in [0.1, 0.15) is 17.3 Å². The molecule has 4 nitrogen and oxygen atoms in total. The van der Waals surface area contributed by atoms with Gasteiger partial charge in [-0.15, -0.1) is 0 Å². The van der Waals surface area contributed by atoms with E-state index < -0.39 is 5.82 Å². The second-order valence-corrected chi connectivity index (χ2v) is 6.51. The number of hydrogen-bond acceptors (Lipinski definition) is 3. The van der Waals surface area contributed by atoms with Crippen LogP contribution in [0.5, 0.6) is 11.5 Å². The Hall–Kier alpha value is -2.56. The van der Waals surface area contributed by atoms with E-state index in [1.54, 1.807) is 17.0 Å². The number of carbonyl (C=O) groups is 1. The Bertz CT molecular complexity index is 745. The maximum absolute atomic E-state index is 13.5. The number of phenols is 2. The first-order valence-corrected chi connectivity index (χ1v) is 8.62. The molecule has 1 fully saturated rings. The highest BCUT2D eigenvalue weighted by atomic mass is 19.1. The van der Waals surface area contributed by atoms with Crippen molar-refractivity contribution in [3.8, 4) is 11.5 Å². The molecule has 132 valence electrons. The van der Waals surface area contributed by atoms with Crippen LogP contribution in [0.25, 0.3) is 0 Å². The molecule has 1 atom stereocenters. The van der Waals surface area contributed by atoms with Gasteiger partial charge in [-0.1, -0.05) is 12.1 Å². The first-order valence-electron chi connectivity index (χ1n) is 8.62. The van der Waals surface area contributed by atoms with E-state index in [9.17, 15) is 19.4 Å². The molecule has 2 N–H and O–H groups in total. The van der Waals surface area contributed by atoms with E-state index in [-0.39, 0.29) is 29.0 Å². The van der Waals surface area contributed by atoms with Crippen molar-refractivity contribution < 1.29 is 19.4 Å². The van der Waals surface area contributed by atoms with Crippen molar-refractivity contribution in [2.45, 2.75) is 38.1 Å². The molecule has 1 heterocycles. The average molecular weight is 343 g/mol. The summed E-state index contributed by atoms with van der Waals surface area (Å²) < 4.78 is 13.5. The fraction of sp³-hybridized carbons (Fsp3) is 0.350. The summed E-state index contributed by atoms with van der Waals surface area (Å²) in [5.41, 5.74) is 1.13. The highest BCUT2D eigenvalue weighted by Gasteiger charge is 2.28. The number of nitrogens with zero attached hydrogens (tertiary/aromatic N) is 1. The standard InChI is InChI=1S/C20H22FNO3/c21-15-7-11-19(24)18(13-15)20(25)22-12-2-1-3-16(22)8-4-14-5-9-17(23)10-6-14/h5-7,9-11,13,16,23-24H,1-4,8,12H2. The van der Waals surface area contributed by atoms with Gasteiger partial charge in [0, 0.05) is 12.6 Å². The zero-order chi connectivity index (χ0) is 17.8. The smallest absolute Gasteiger partial charge is 0.257 e. The second-order valence-electron chi connectivity index (χ2n) is 6.51. The first-order chi connectivity index (χ1) is 12.0. The molecule has 25 heavy (non-hydrogen) atoms. The molecule has 0 saturated carbocycles. The van der Waals surface area contributed by atoms with Gasteiger partial charge in [0.2, 0.25) is 0 Å². The molecule has 3 rings (SSSR count). The second kappa shape index (κ2) is 7.55. The van der Waals surface area contributed by atoms with Crippen molar-refractivity contribution in [2.75, 3.05) is 6.54 Å². The van der Waals surface area contributed by atoms with Crippen molar-refractivity contribution in [2.24, 2.45) is 0 Å². The first kappa shape index (κ1) is 17.3. The van der Waals surface area contributed by atoms with Crippen LogP contribution >= 0.6 is 0 Å². The number of aryl methyl sites for hydroxylation is 1. The Morgan fingerprint density at radius 3 is 2.64 bits per heavy atom. The predicted octanol–water partition coefficient (Wildman–Crippen LogP) is 3.86. The summed E-state index contributed by atoms with van der Waals surface area (Å²) in [6.07, 6.45) is 4.47. The summed E-state index contributed by atoms with van der Waals surface area (Å²) in [4.78, 5) is 14.6. The number of carbonyl (C=O) groups excluding carboxylic acids is 1. The van der Waals surface area contributed by atoms with E-state index in [4.69, 9.17) is 0 Å². The van der Waals surface area contributed by atoms with Gasteiger partial charge in [-0.3, -0.25) is 4.79 Å². The van der Waals surface area contributed by atoms with Crippen LogP contribution in [0.2, 0.25) is 0 Å². The highest BCUT2D eigenvalue weighted by molar-refractivity contribution is 5.97. The molecule has 2 aromatic carbocycles. The number of piperidine rings is 1. The van der Waals surface area contributed by atoms with Crippen molar-refractivity contribution in [3.63, 3.8) is 0 Å². The number of aromatic hydroxyl groups is 2. The third-order valence-corrected chi connectivity index (χ3v) is 4.78. The molecule has 0 aliphatic carbocycles. The van der Waals surface area contributed by atoms with Crippen molar-refractivity contribution >= 4 is 5.91 Å². The van der Waals surface area contributed by atoms with E-state index in [1.807, 2.05) is 12.1 Å². The molecule has 0 bridgehead atoms. The summed E-state index contributed by atoms with van der Waals surface area (Å²) in [5, 5.41) is 19.3. The lowest BCUT2D eigenvalue weighted by Crippen LogP contribution is -2.44. The van der Waals surface area contributed by atoms with Crippen molar-refractivity contribution in [1.82, 2.24) is 4.90 Å². The number of likely N-dealkylation sites (tertiary alicyclic amines) is 1. The van der Waals surface area contributed by atoms with Gasteiger partial charge in [0.05, 0.1) is 5.56 Å². The summed E-state index contributed by atoms with van der Waals surface area (Å²) in [7, 11) is 0. The monoisotopic (exact) mass is 343 g/mol. The molecular formula is C20H22FNO3. The zero-order valence-corrected chi connectivity index (χ0v) is 14.0. The summed E-state index contributed by atoms with van der Waals surface area (Å²) in [6, 6.07) is 10.6. The van der Waals surface area contributed by atoms with E-state index in [0.29, 0.717) is 6.54 Å². The molecular weight excluding hydrogens is 321 g/mol.